The van der Waals surface area contributed by atoms with Gasteiger partial charge in [0.25, 0.3) is 0 Å². The van der Waals surface area contributed by atoms with Gasteiger partial charge in [-0.3, -0.25) is 0 Å². The summed E-state index contributed by atoms with van der Waals surface area (Å²) in [7, 11) is 2.92. The minimum Gasteiger partial charge on any atom is -0.496 e. The number of para-hydroxylation sites is 2. The topological polar surface area (TPSA) is 53.4 Å². The van der Waals surface area contributed by atoms with Gasteiger partial charge < -0.3 is 14.0 Å². The molecule has 0 atom stereocenters. The fraction of sp³-hybridized carbons (Fsp3) is 0.111. The summed E-state index contributed by atoms with van der Waals surface area (Å²) in [5.74, 6) is 0.0958. The Morgan fingerprint density at radius 2 is 1.66 bits per heavy atom. The van der Waals surface area contributed by atoms with Crippen molar-refractivity contribution < 1.29 is 14.3 Å². The van der Waals surface area contributed by atoms with Crippen molar-refractivity contribution in [3.8, 4) is 16.9 Å². The zero-order chi connectivity index (χ0) is 22.1. The number of rotatable bonds is 5. The van der Waals surface area contributed by atoms with Crippen LogP contribution in [-0.4, -0.2) is 29.7 Å². The van der Waals surface area contributed by atoms with Gasteiger partial charge >= 0.3 is 5.97 Å². The van der Waals surface area contributed by atoms with Crippen LogP contribution in [0.25, 0.3) is 32.9 Å². The number of ether oxygens (including phenoxy) is 2. The Kier molecular flexibility index (Phi) is 5.07. The third-order valence-corrected chi connectivity index (χ3v) is 5.73. The van der Waals surface area contributed by atoms with Crippen molar-refractivity contribution in [1.82, 2.24) is 9.55 Å². The molecule has 0 bridgehead atoms. The van der Waals surface area contributed by atoms with E-state index in [0.717, 1.165) is 39.5 Å². The maximum atomic E-state index is 12.0. The van der Waals surface area contributed by atoms with Crippen LogP contribution in [0.15, 0.2) is 85.2 Å². The van der Waals surface area contributed by atoms with E-state index in [1.54, 1.807) is 7.11 Å². The van der Waals surface area contributed by atoms with Crippen LogP contribution in [0.3, 0.4) is 0 Å². The Hall–Kier alpha value is -4.12. The van der Waals surface area contributed by atoms with Crippen molar-refractivity contribution in [3.05, 3.63) is 96.3 Å². The summed E-state index contributed by atoms with van der Waals surface area (Å²) in [6.07, 6.45) is 1.89. The first kappa shape index (κ1) is 19.8. The Morgan fingerprint density at radius 3 is 2.44 bits per heavy atom. The van der Waals surface area contributed by atoms with Crippen LogP contribution >= 0.6 is 0 Å². The van der Waals surface area contributed by atoms with Gasteiger partial charge in [-0.15, -0.1) is 0 Å². The maximum Gasteiger partial charge on any atom is 0.341 e. The number of benzene rings is 4. The molecule has 0 aliphatic heterocycles. The van der Waals surface area contributed by atoms with Crippen molar-refractivity contribution in [2.45, 2.75) is 6.54 Å². The molecule has 5 rings (SSSR count). The monoisotopic (exact) mass is 422 g/mol. The molecule has 4 aromatic carbocycles. The normalized spacial score (nSPS) is 11.1. The molecule has 0 saturated carbocycles. The van der Waals surface area contributed by atoms with E-state index >= 15 is 0 Å². The molecule has 0 fully saturated rings. The highest BCUT2D eigenvalue weighted by Gasteiger charge is 2.14. The second-order valence-corrected chi connectivity index (χ2v) is 7.66. The van der Waals surface area contributed by atoms with E-state index < -0.39 is 5.97 Å². The molecule has 0 unspecified atom stereocenters. The largest absolute Gasteiger partial charge is 0.496 e. The molecule has 5 aromatic rings. The molecule has 0 aliphatic carbocycles. The molecular weight excluding hydrogens is 400 g/mol. The number of carbonyl (C=O) groups excluding carboxylic acids is 1. The first-order chi connectivity index (χ1) is 15.7. The smallest absolute Gasteiger partial charge is 0.341 e. The number of esters is 1. The lowest BCUT2D eigenvalue weighted by Gasteiger charge is -2.11. The average Bonchev–Trinajstić information content (AvgIpc) is 3.25. The number of fused-ring (bicyclic) bond motifs is 2. The van der Waals surface area contributed by atoms with Crippen LogP contribution in [-0.2, 0) is 11.3 Å². The van der Waals surface area contributed by atoms with Gasteiger partial charge in [-0.2, -0.15) is 0 Å². The van der Waals surface area contributed by atoms with Gasteiger partial charge in [-0.25, -0.2) is 9.78 Å². The lowest BCUT2D eigenvalue weighted by Crippen LogP contribution is -2.04. The quantitative estimate of drug-likeness (QED) is 0.341. The van der Waals surface area contributed by atoms with Gasteiger partial charge in [0.15, 0.2) is 0 Å². The van der Waals surface area contributed by atoms with E-state index in [1.165, 1.54) is 12.7 Å². The standard InChI is InChI=1S/C27H22N2O3/c1-31-26-15-22-13-20(11-12-21(22)14-23(26)27(30)32-2)19-9-7-18(8-10-19)16-29-17-28-24-5-3-4-6-25(24)29/h3-15,17H,16H2,1-2H3. The highest BCUT2D eigenvalue weighted by atomic mass is 16.5. The van der Waals surface area contributed by atoms with Crippen molar-refractivity contribution >= 4 is 27.8 Å². The van der Waals surface area contributed by atoms with E-state index in [-0.39, 0.29) is 0 Å². The maximum absolute atomic E-state index is 12.0. The number of hydrogen-bond donors (Lipinski definition) is 0. The van der Waals surface area contributed by atoms with E-state index in [9.17, 15) is 4.79 Å². The van der Waals surface area contributed by atoms with Crippen molar-refractivity contribution in [2.75, 3.05) is 14.2 Å². The minimum atomic E-state index is -0.408. The minimum absolute atomic E-state index is 0.408. The Bertz CT molecular complexity index is 1440. The van der Waals surface area contributed by atoms with Gasteiger partial charge in [-0.1, -0.05) is 48.5 Å². The SMILES string of the molecule is COC(=O)c1cc2ccc(-c3ccc(Cn4cnc5ccccc54)cc3)cc2cc1OC. The zero-order valence-electron chi connectivity index (χ0n) is 17.9. The first-order valence-corrected chi connectivity index (χ1v) is 10.4. The van der Waals surface area contributed by atoms with Crippen LogP contribution < -0.4 is 4.74 Å². The summed E-state index contributed by atoms with van der Waals surface area (Å²) in [5.41, 5.74) is 6.00. The van der Waals surface area contributed by atoms with Gasteiger partial charge in [0.1, 0.15) is 11.3 Å². The van der Waals surface area contributed by atoms with Gasteiger partial charge in [0.2, 0.25) is 0 Å². The summed E-state index contributed by atoms with van der Waals surface area (Å²) in [6, 6.07) is 26.6. The van der Waals surface area contributed by atoms with E-state index in [2.05, 4.69) is 52.0 Å². The number of methoxy groups -OCH3 is 2. The highest BCUT2D eigenvalue weighted by molar-refractivity contribution is 5.99. The lowest BCUT2D eigenvalue weighted by molar-refractivity contribution is 0.0597. The fourth-order valence-electron chi connectivity index (χ4n) is 4.03. The second kappa shape index (κ2) is 8.19. The van der Waals surface area contributed by atoms with Crippen LogP contribution in [0.4, 0.5) is 0 Å². The van der Waals surface area contributed by atoms with Gasteiger partial charge in [0, 0.05) is 6.54 Å². The number of imidazole rings is 1. The molecule has 0 amide bonds. The van der Waals surface area contributed by atoms with E-state index in [1.807, 2.05) is 42.7 Å². The molecule has 32 heavy (non-hydrogen) atoms. The number of carbonyl (C=O) groups is 1. The molecule has 1 aromatic heterocycles. The lowest BCUT2D eigenvalue weighted by atomic mass is 9.98. The first-order valence-electron chi connectivity index (χ1n) is 10.4. The number of hydrogen-bond acceptors (Lipinski definition) is 4. The van der Waals surface area contributed by atoms with Crippen LogP contribution in [0.1, 0.15) is 15.9 Å². The summed E-state index contributed by atoms with van der Waals surface area (Å²) in [6.45, 7) is 0.770. The predicted molar refractivity (Wildman–Crippen MR) is 126 cm³/mol. The molecule has 5 nitrogen and oxygen atoms in total. The van der Waals surface area contributed by atoms with Crippen molar-refractivity contribution in [3.63, 3.8) is 0 Å². The van der Waals surface area contributed by atoms with Crippen molar-refractivity contribution in [1.29, 1.82) is 0 Å². The van der Waals surface area contributed by atoms with Gasteiger partial charge in [0.05, 0.1) is 31.6 Å². The van der Waals surface area contributed by atoms with E-state index in [4.69, 9.17) is 9.47 Å². The molecule has 158 valence electrons. The molecular formula is C27H22N2O3. The second-order valence-electron chi connectivity index (χ2n) is 7.66. The third-order valence-electron chi connectivity index (χ3n) is 5.73. The summed E-state index contributed by atoms with van der Waals surface area (Å²) in [5, 5.41) is 1.96. The molecule has 0 saturated heterocycles. The molecule has 0 N–H and O–H groups in total. The van der Waals surface area contributed by atoms with E-state index in [0.29, 0.717) is 11.3 Å². The molecule has 1 heterocycles. The fourth-order valence-corrected chi connectivity index (χ4v) is 4.03. The number of aromatic nitrogens is 2. The molecule has 5 heteroatoms. The van der Waals surface area contributed by atoms with Crippen LogP contribution in [0.2, 0.25) is 0 Å². The van der Waals surface area contributed by atoms with Crippen LogP contribution in [0.5, 0.6) is 5.75 Å². The summed E-state index contributed by atoms with van der Waals surface area (Å²) >= 11 is 0. The molecule has 0 radical (unpaired) electrons. The number of nitrogens with zero attached hydrogens (tertiary/aromatic N) is 2. The zero-order valence-corrected chi connectivity index (χ0v) is 17.9. The average molecular weight is 422 g/mol. The predicted octanol–water partition coefficient (Wildman–Crippen LogP) is 5.70. The van der Waals surface area contributed by atoms with Crippen LogP contribution in [0, 0.1) is 0 Å². The highest BCUT2D eigenvalue weighted by Crippen LogP contribution is 2.30. The Morgan fingerprint density at radius 1 is 0.875 bits per heavy atom. The Balaban J connectivity index is 1.44. The Labute approximate surface area is 185 Å². The van der Waals surface area contributed by atoms with Gasteiger partial charge in [-0.05, 0) is 57.8 Å². The summed E-state index contributed by atoms with van der Waals surface area (Å²) < 4.78 is 12.4. The molecule has 0 spiro atoms. The molecule has 0 aliphatic rings. The van der Waals surface area contributed by atoms with Crippen molar-refractivity contribution in [2.24, 2.45) is 0 Å². The summed E-state index contributed by atoms with van der Waals surface area (Å²) in [4.78, 5) is 16.5. The third kappa shape index (κ3) is 3.58.